The third-order valence-corrected chi connectivity index (χ3v) is 3.24. The second-order valence-corrected chi connectivity index (χ2v) is 5.21. The molecule has 0 spiro atoms. The molecule has 0 aliphatic rings. The third-order valence-electron chi connectivity index (χ3n) is 3.24. The molecule has 0 aliphatic carbocycles. The zero-order valence-corrected chi connectivity index (χ0v) is 13.3. The second kappa shape index (κ2) is 8.18. The summed E-state index contributed by atoms with van der Waals surface area (Å²) in [6.07, 6.45) is -3.68. The Morgan fingerprint density at radius 3 is 2.24 bits per heavy atom. The summed E-state index contributed by atoms with van der Waals surface area (Å²) in [4.78, 5) is 4.16. The van der Waals surface area contributed by atoms with Crippen LogP contribution < -0.4 is 16.4 Å². The van der Waals surface area contributed by atoms with E-state index in [9.17, 15) is 13.2 Å². The molecule has 8 heteroatoms. The van der Waals surface area contributed by atoms with Crippen molar-refractivity contribution in [2.24, 2.45) is 10.7 Å². The zero-order chi connectivity index (χ0) is 18.3. The van der Waals surface area contributed by atoms with Crippen molar-refractivity contribution in [3.05, 3.63) is 65.7 Å². The number of alkyl halides is 3. The van der Waals surface area contributed by atoms with E-state index in [-0.39, 0.29) is 11.9 Å². The van der Waals surface area contributed by atoms with E-state index < -0.39 is 11.7 Å². The first kappa shape index (κ1) is 18.3. The van der Waals surface area contributed by atoms with Gasteiger partial charge in [0.2, 0.25) is 5.96 Å². The summed E-state index contributed by atoms with van der Waals surface area (Å²) in [6.45, 7) is 0.518. The number of rotatable bonds is 4. The van der Waals surface area contributed by atoms with Crippen LogP contribution in [0, 0.1) is 5.41 Å². The molecular weight excluding hydrogens is 331 g/mol. The van der Waals surface area contributed by atoms with Gasteiger partial charge in [0, 0.05) is 6.54 Å². The average Bonchev–Trinajstić information content (AvgIpc) is 2.55. The van der Waals surface area contributed by atoms with Gasteiger partial charge in [0.25, 0.3) is 0 Å². The largest absolute Gasteiger partial charge is 0.416 e. The van der Waals surface area contributed by atoms with Crippen LogP contribution in [0.2, 0.25) is 0 Å². The molecule has 25 heavy (non-hydrogen) atoms. The summed E-state index contributed by atoms with van der Waals surface area (Å²) in [7, 11) is 0. The molecule has 0 heterocycles. The third kappa shape index (κ3) is 6.17. The standard InChI is InChI=1S/C17H18F3N5/c18-17(19,20)13-6-8-14(9-7-13)24-16(25-15(21)22)23-11-10-12-4-2-1-3-5-12/h1-9H,10-11H2,(H5,21,22,23,24,25). The van der Waals surface area contributed by atoms with Gasteiger partial charge in [-0.05, 0) is 36.2 Å². The van der Waals surface area contributed by atoms with Gasteiger partial charge >= 0.3 is 6.18 Å². The van der Waals surface area contributed by atoms with Gasteiger partial charge in [-0.25, -0.2) is 4.99 Å². The van der Waals surface area contributed by atoms with Crippen LogP contribution in [-0.4, -0.2) is 18.5 Å². The summed E-state index contributed by atoms with van der Waals surface area (Å²) in [5.74, 6) is -0.124. The SMILES string of the molecule is N=C(N)N/C(=N/c1ccc(C(F)(F)F)cc1)NCCc1ccccc1. The molecule has 132 valence electrons. The fourth-order valence-electron chi connectivity index (χ4n) is 2.06. The summed E-state index contributed by atoms with van der Waals surface area (Å²) in [6, 6.07) is 14.2. The lowest BCUT2D eigenvalue weighted by molar-refractivity contribution is -0.137. The van der Waals surface area contributed by atoms with E-state index in [0.29, 0.717) is 18.7 Å². The Bertz CT molecular complexity index is 724. The van der Waals surface area contributed by atoms with Crippen molar-refractivity contribution < 1.29 is 13.2 Å². The molecular formula is C17H18F3N5. The number of aliphatic imine (C=N–C) groups is 1. The van der Waals surface area contributed by atoms with E-state index in [1.54, 1.807) is 0 Å². The summed E-state index contributed by atoms with van der Waals surface area (Å²) in [5.41, 5.74) is 5.99. The fourth-order valence-corrected chi connectivity index (χ4v) is 2.06. The second-order valence-electron chi connectivity index (χ2n) is 5.21. The quantitative estimate of drug-likeness (QED) is 0.506. The van der Waals surface area contributed by atoms with Gasteiger partial charge < -0.3 is 11.1 Å². The molecule has 0 fully saturated rings. The summed E-state index contributed by atoms with van der Waals surface area (Å²) < 4.78 is 37.7. The molecule has 0 aromatic heterocycles. The van der Waals surface area contributed by atoms with E-state index >= 15 is 0 Å². The molecule has 2 aromatic rings. The predicted octanol–water partition coefficient (Wildman–Crippen LogP) is 3.01. The van der Waals surface area contributed by atoms with Crippen molar-refractivity contribution in [3.63, 3.8) is 0 Å². The van der Waals surface area contributed by atoms with E-state index in [4.69, 9.17) is 11.1 Å². The number of hydrogen-bond donors (Lipinski definition) is 4. The highest BCUT2D eigenvalue weighted by molar-refractivity contribution is 5.97. The Morgan fingerprint density at radius 2 is 1.68 bits per heavy atom. The van der Waals surface area contributed by atoms with Crippen LogP contribution in [0.15, 0.2) is 59.6 Å². The number of nitrogens with one attached hydrogen (secondary N) is 3. The molecule has 0 aliphatic heterocycles. The van der Waals surface area contributed by atoms with Crippen LogP contribution in [0.25, 0.3) is 0 Å². The molecule has 0 amide bonds. The topological polar surface area (TPSA) is 86.3 Å². The lowest BCUT2D eigenvalue weighted by Gasteiger charge is -2.12. The number of halogens is 3. The maximum absolute atomic E-state index is 12.6. The van der Waals surface area contributed by atoms with E-state index in [0.717, 1.165) is 17.7 Å². The van der Waals surface area contributed by atoms with Gasteiger partial charge in [-0.3, -0.25) is 10.7 Å². The van der Waals surface area contributed by atoms with Gasteiger partial charge in [0.15, 0.2) is 5.96 Å². The number of guanidine groups is 2. The lowest BCUT2D eigenvalue weighted by atomic mass is 10.1. The summed E-state index contributed by atoms with van der Waals surface area (Å²) >= 11 is 0. The Labute approximate surface area is 143 Å². The molecule has 0 bridgehead atoms. The number of nitrogens with zero attached hydrogens (tertiary/aromatic N) is 1. The minimum absolute atomic E-state index is 0.197. The highest BCUT2D eigenvalue weighted by atomic mass is 19.4. The van der Waals surface area contributed by atoms with Crippen LogP contribution >= 0.6 is 0 Å². The molecule has 5 nitrogen and oxygen atoms in total. The highest BCUT2D eigenvalue weighted by Gasteiger charge is 2.29. The highest BCUT2D eigenvalue weighted by Crippen LogP contribution is 2.30. The van der Waals surface area contributed by atoms with Crippen LogP contribution in [0.3, 0.4) is 0 Å². The molecule has 0 atom stereocenters. The minimum atomic E-state index is -4.39. The molecule has 2 rings (SSSR count). The molecule has 0 radical (unpaired) electrons. The van der Waals surface area contributed by atoms with Crippen LogP contribution in [-0.2, 0) is 12.6 Å². The van der Waals surface area contributed by atoms with Gasteiger partial charge in [-0.1, -0.05) is 30.3 Å². The molecule has 0 unspecified atom stereocenters. The molecule has 0 saturated heterocycles. The smallest absolute Gasteiger partial charge is 0.370 e. The average molecular weight is 349 g/mol. The van der Waals surface area contributed by atoms with E-state index in [2.05, 4.69) is 15.6 Å². The fraction of sp³-hybridized carbons (Fsp3) is 0.176. The minimum Gasteiger partial charge on any atom is -0.370 e. The van der Waals surface area contributed by atoms with Crippen molar-refractivity contribution in [3.8, 4) is 0 Å². The number of nitrogens with two attached hydrogens (primary N) is 1. The first-order valence-electron chi connectivity index (χ1n) is 7.49. The van der Waals surface area contributed by atoms with Crippen molar-refractivity contribution in [2.75, 3.05) is 6.54 Å². The molecule has 0 saturated carbocycles. The van der Waals surface area contributed by atoms with Crippen molar-refractivity contribution >= 4 is 17.6 Å². The van der Waals surface area contributed by atoms with Crippen molar-refractivity contribution in [1.29, 1.82) is 5.41 Å². The summed E-state index contributed by atoms with van der Waals surface area (Å²) in [5, 5.41) is 12.8. The van der Waals surface area contributed by atoms with Gasteiger partial charge in [-0.15, -0.1) is 0 Å². The van der Waals surface area contributed by atoms with E-state index in [1.165, 1.54) is 12.1 Å². The Balaban J connectivity index is 2.05. The van der Waals surface area contributed by atoms with E-state index in [1.807, 2.05) is 30.3 Å². The first-order chi connectivity index (χ1) is 11.8. The van der Waals surface area contributed by atoms with Gasteiger partial charge in [-0.2, -0.15) is 13.2 Å². The number of hydrogen-bond acceptors (Lipinski definition) is 2. The monoisotopic (exact) mass is 349 g/mol. The Kier molecular flexibility index (Phi) is 5.99. The molecule has 5 N–H and O–H groups in total. The Morgan fingerprint density at radius 1 is 1.04 bits per heavy atom. The maximum Gasteiger partial charge on any atom is 0.416 e. The normalized spacial score (nSPS) is 11.9. The van der Waals surface area contributed by atoms with Crippen molar-refractivity contribution in [2.45, 2.75) is 12.6 Å². The predicted molar refractivity (Wildman–Crippen MR) is 91.7 cm³/mol. The van der Waals surface area contributed by atoms with Crippen molar-refractivity contribution in [1.82, 2.24) is 10.6 Å². The van der Waals surface area contributed by atoms with Crippen LogP contribution in [0.1, 0.15) is 11.1 Å². The van der Waals surface area contributed by atoms with Crippen LogP contribution in [0.5, 0.6) is 0 Å². The Hall–Kier alpha value is -3.03. The maximum atomic E-state index is 12.6. The zero-order valence-electron chi connectivity index (χ0n) is 13.3. The lowest BCUT2D eigenvalue weighted by Crippen LogP contribution is -2.44. The first-order valence-corrected chi connectivity index (χ1v) is 7.49. The number of benzene rings is 2. The van der Waals surface area contributed by atoms with Gasteiger partial charge in [0.1, 0.15) is 0 Å². The van der Waals surface area contributed by atoms with Gasteiger partial charge in [0.05, 0.1) is 11.3 Å². The van der Waals surface area contributed by atoms with Crippen LogP contribution in [0.4, 0.5) is 18.9 Å². The molecule has 2 aromatic carbocycles.